The van der Waals surface area contributed by atoms with Crippen LogP contribution < -0.4 is 5.32 Å². The predicted molar refractivity (Wildman–Crippen MR) is 93.7 cm³/mol. The molecule has 8 heteroatoms. The van der Waals surface area contributed by atoms with Gasteiger partial charge in [-0.15, -0.1) is 0 Å². The van der Waals surface area contributed by atoms with Gasteiger partial charge in [-0.25, -0.2) is 9.97 Å². The topological polar surface area (TPSA) is 95.5 Å². The van der Waals surface area contributed by atoms with Gasteiger partial charge in [0.25, 0.3) is 5.91 Å². The van der Waals surface area contributed by atoms with Gasteiger partial charge in [0.15, 0.2) is 5.82 Å². The summed E-state index contributed by atoms with van der Waals surface area (Å²) in [4.78, 5) is 48.5. The fourth-order valence-electron chi connectivity index (χ4n) is 3.90. The van der Waals surface area contributed by atoms with Gasteiger partial charge < -0.3 is 15.1 Å². The van der Waals surface area contributed by atoms with E-state index in [9.17, 15) is 14.4 Å². The molecular weight excluding hydrogens is 334 g/mol. The molecule has 140 valence electrons. The molecule has 0 saturated carbocycles. The van der Waals surface area contributed by atoms with Crippen LogP contribution in [0.25, 0.3) is 0 Å². The number of aromatic nitrogens is 2. The van der Waals surface area contributed by atoms with Gasteiger partial charge >= 0.3 is 0 Å². The van der Waals surface area contributed by atoms with Crippen molar-refractivity contribution in [3.8, 4) is 0 Å². The van der Waals surface area contributed by atoms with Crippen LogP contribution in [0.3, 0.4) is 0 Å². The molecule has 1 spiro atoms. The van der Waals surface area contributed by atoms with Crippen LogP contribution in [-0.2, 0) is 14.4 Å². The van der Waals surface area contributed by atoms with Gasteiger partial charge in [-0.2, -0.15) is 0 Å². The summed E-state index contributed by atoms with van der Waals surface area (Å²) >= 11 is 0. The van der Waals surface area contributed by atoms with Gasteiger partial charge in [0.2, 0.25) is 11.8 Å². The number of β-lactam (4-membered cyclic amide) rings is 1. The summed E-state index contributed by atoms with van der Waals surface area (Å²) in [5.41, 5.74) is -0.716. The van der Waals surface area contributed by atoms with Crippen molar-refractivity contribution in [3.05, 3.63) is 24.3 Å². The number of rotatable bonds is 5. The number of amides is 3. The molecule has 3 amide bonds. The second kappa shape index (κ2) is 7.01. The minimum absolute atomic E-state index is 0.0115. The van der Waals surface area contributed by atoms with E-state index in [4.69, 9.17) is 0 Å². The molecule has 1 aromatic rings. The van der Waals surface area contributed by atoms with Crippen molar-refractivity contribution in [2.24, 2.45) is 5.92 Å². The molecule has 2 unspecified atom stereocenters. The van der Waals surface area contributed by atoms with Crippen LogP contribution in [0.5, 0.6) is 0 Å². The predicted octanol–water partition coefficient (Wildman–Crippen LogP) is 0.513. The molecular formula is C18H25N5O3. The zero-order chi connectivity index (χ0) is 18.9. The average molecular weight is 359 g/mol. The van der Waals surface area contributed by atoms with E-state index in [1.54, 1.807) is 23.4 Å². The Hall–Kier alpha value is -2.51. The number of nitrogens with one attached hydrogen (secondary N) is 1. The van der Waals surface area contributed by atoms with E-state index in [0.717, 1.165) is 6.42 Å². The van der Waals surface area contributed by atoms with Crippen LogP contribution >= 0.6 is 0 Å². The van der Waals surface area contributed by atoms with E-state index in [1.807, 2.05) is 13.8 Å². The zero-order valence-corrected chi connectivity index (χ0v) is 15.4. The molecule has 0 aromatic carbocycles. The third-order valence-electron chi connectivity index (χ3n) is 5.19. The van der Waals surface area contributed by atoms with Crippen molar-refractivity contribution >= 4 is 17.7 Å². The Labute approximate surface area is 153 Å². The molecule has 2 fully saturated rings. The lowest BCUT2D eigenvalue weighted by molar-refractivity contribution is -0.168. The molecule has 2 saturated heterocycles. The quantitative estimate of drug-likeness (QED) is 0.773. The van der Waals surface area contributed by atoms with E-state index < -0.39 is 5.54 Å². The van der Waals surface area contributed by atoms with Crippen molar-refractivity contribution in [3.63, 3.8) is 0 Å². The molecule has 0 aliphatic carbocycles. The number of likely N-dealkylation sites (tertiary alicyclic amines) is 2. The van der Waals surface area contributed by atoms with Crippen LogP contribution in [0.2, 0.25) is 0 Å². The minimum Gasteiger partial charge on any atom is -0.344 e. The van der Waals surface area contributed by atoms with Gasteiger partial charge in [-0.1, -0.05) is 13.8 Å². The van der Waals surface area contributed by atoms with Crippen LogP contribution in [0.1, 0.15) is 45.5 Å². The van der Waals surface area contributed by atoms with Crippen molar-refractivity contribution in [2.45, 2.75) is 45.2 Å². The maximum atomic E-state index is 12.7. The highest BCUT2D eigenvalue weighted by atomic mass is 16.2. The van der Waals surface area contributed by atoms with Crippen LogP contribution in [0.15, 0.2) is 18.5 Å². The van der Waals surface area contributed by atoms with Crippen molar-refractivity contribution in [1.29, 1.82) is 0 Å². The summed E-state index contributed by atoms with van der Waals surface area (Å²) in [6.07, 6.45) is 4.79. The maximum absolute atomic E-state index is 12.7. The van der Waals surface area contributed by atoms with E-state index >= 15 is 0 Å². The molecule has 1 aromatic heterocycles. The third kappa shape index (κ3) is 3.15. The fraction of sp³-hybridized carbons (Fsp3) is 0.611. The van der Waals surface area contributed by atoms with E-state index in [0.29, 0.717) is 25.3 Å². The summed E-state index contributed by atoms with van der Waals surface area (Å²) in [6, 6.07) is 1.41. The number of carbonyl (C=O) groups excluding carboxylic acids is 3. The monoisotopic (exact) mass is 359 g/mol. The number of nitrogens with zero attached hydrogens (tertiary/aromatic N) is 4. The zero-order valence-electron chi connectivity index (χ0n) is 15.4. The van der Waals surface area contributed by atoms with Gasteiger partial charge in [0.1, 0.15) is 5.54 Å². The molecule has 2 aliphatic rings. The standard InChI is InChI=1S/C18H25N5O3/c1-12(2)15(16-19-7-5-8-20-16)21-14(25)10-22-11-18(17(22)26)6-4-9-23(18)13(3)24/h5,7-8,12,15H,4,6,9-11H2,1-3H3,(H,21,25). The first-order valence-corrected chi connectivity index (χ1v) is 8.99. The highest BCUT2D eigenvalue weighted by molar-refractivity contribution is 5.99. The summed E-state index contributed by atoms with van der Waals surface area (Å²) < 4.78 is 0. The first kappa shape index (κ1) is 18.3. The van der Waals surface area contributed by atoms with Crippen LogP contribution in [0.4, 0.5) is 0 Å². The van der Waals surface area contributed by atoms with Gasteiger partial charge in [0.05, 0.1) is 19.1 Å². The van der Waals surface area contributed by atoms with Gasteiger partial charge in [-0.3, -0.25) is 14.4 Å². The van der Waals surface area contributed by atoms with Crippen molar-refractivity contribution < 1.29 is 14.4 Å². The number of hydrogen-bond acceptors (Lipinski definition) is 5. The van der Waals surface area contributed by atoms with Gasteiger partial charge in [0, 0.05) is 25.9 Å². The summed E-state index contributed by atoms with van der Waals surface area (Å²) in [5.74, 6) is 0.216. The van der Waals surface area contributed by atoms with E-state index in [-0.39, 0.29) is 36.2 Å². The van der Waals surface area contributed by atoms with Crippen LogP contribution in [0, 0.1) is 5.92 Å². The molecule has 3 heterocycles. The third-order valence-corrected chi connectivity index (χ3v) is 5.19. The molecule has 0 bridgehead atoms. The lowest BCUT2D eigenvalue weighted by Crippen LogP contribution is -2.73. The average Bonchev–Trinajstić information content (AvgIpc) is 3.06. The fourth-order valence-corrected chi connectivity index (χ4v) is 3.90. The molecule has 8 nitrogen and oxygen atoms in total. The Morgan fingerprint density at radius 2 is 2.00 bits per heavy atom. The SMILES string of the molecule is CC(=O)N1CCCC12CN(CC(=O)NC(c1ncccn1)C(C)C)C2=O. The Bertz CT molecular complexity index is 708. The Morgan fingerprint density at radius 1 is 1.31 bits per heavy atom. The number of carbonyl (C=O) groups is 3. The highest BCUT2D eigenvalue weighted by Crippen LogP contribution is 2.38. The normalized spacial score (nSPS) is 23.3. The van der Waals surface area contributed by atoms with E-state index in [2.05, 4.69) is 15.3 Å². The molecule has 26 heavy (non-hydrogen) atoms. The van der Waals surface area contributed by atoms with Crippen LogP contribution in [-0.4, -0.2) is 62.7 Å². The molecule has 1 N–H and O–H groups in total. The first-order valence-electron chi connectivity index (χ1n) is 8.99. The minimum atomic E-state index is -0.716. The maximum Gasteiger partial charge on any atom is 0.250 e. The second-order valence-electron chi connectivity index (χ2n) is 7.36. The highest BCUT2D eigenvalue weighted by Gasteiger charge is 2.59. The lowest BCUT2D eigenvalue weighted by atomic mass is 9.85. The smallest absolute Gasteiger partial charge is 0.250 e. The Morgan fingerprint density at radius 3 is 2.58 bits per heavy atom. The first-order chi connectivity index (χ1) is 12.3. The molecule has 0 radical (unpaired) electrons. The van der Waals surface area contributed by atoms with Gasteiger partial charge in [-0.05, 0) is 24.8 Å². The summed E-state index contributed by atoms with van der Waals surface area (Å²) in [7, 11) is 0. The van der Waals surface area contributed by atoms with Crippen molar-refractivity contribution in [1.82, 2.24) is 25.1 Å². The van der Waals surface area contributed by atoms with Crippen molar-refractivity contribution in [2.75, 3.05) is 19.6 Å². The lowest BCUT2D eigenvalue weighted by Gasteiger charge is -2.50. The second-order valence-corrected chi connectivity index (χ2v) is 7.36. The Kier molecular flexibility index (Phi) is 4.93. The molecule has 3 rings (SSSR count). The largest absolute Gasteiger partial charge is 0.344 e. The molecule has 2 aliphatic heterocycles. The Balaban J connectivity index is 1.61. The van der Waals surface area contributed by atoms with E-state index in [1.165, 1.54) is 11.8 Å². The summed E-state index contributed by atoms with van der Waals surface area (Å²) in [6.45, 7) is 6.47. The molecule has 2 atom stereocenters. The summed E-state index contributed by atoms with van der Waals surface area (Å²) in [5, 5.41) is 2.93. The number of hydrogen-bond donors (Lipinski definition) is 1.